The zero-order chi connectivity index (χ0) is 21.8. The van der Waals surface area contributed by atoms with Crippen LogP contribution < -0.4 is 19.1 Å². The molecule has 2 aliphatic heterocycles. The molecule has 3 heterocycles. The highest BCUT2D eigenvalue weighted by Crippen LogP contribution is 2.40. The van der Waals surface area contributed by atoms with E-state index in [2.05, 4.69) is 11.1 Å². The number of pyridine rings is 1. The van der Waals surface area contributed by atoms with Gasteiger partial charge < -0.3 is 28.7 Å². The highest BCUT2D eigenvalue weighted by Gasteiger charge is 2.28. The Morgan fingerprint density at radius 2 is 2.19 bits per heavy atom. The molecule has 1 amide bonds. The minimum Gasteiger partial charge on any atom is -0.490 e. The zero-order valence-electron chi connectivity index (χ0n) is 17.5. The van der Waals surface area contributed by atoms with Gasteiger partial charge in [0, 0.05) is 26.1 Å². The van der Waals surface area contributed by atoms with Gasteiger partial charge in [-0.2, -0.15) is 5.26 Å². The summed E-state index contributed by atoms with van der Waals surface area (Å²) in [6.45, 7) is 2.39. The number of benzene rings is 1. The molecule has 0 spiro atoms. The first-order valence-corrected chi connectivity index (χ1v) is 10.0. The lowest BCUT2D eigenvalue weighted by Gasteiger charge is -2.31. The van der Waals surface area contributed by atoms with E-state index >= 15 is 0 Å². The summed E-state index contributed by atoms with van der Waals surface area (Å²) in [4.78, 5) is 20.1. The minimum absolute atomic E-state index is 0.0288. The largest absolute Gasteiger partial charge is 0.490 e. The molecular weight excluding hydrogens is 400 g/mol. The van der Waals surface area contributed by atoms with E-state index in [0.717, 1.165) is 23.5 Å². The van der Waals surface area contributed by atoms with E-state index in [1.807, 2.05) is 23.1 Å². The first-order valence-electron chi connectivity index (χ1n) is 10.0. The molecule has 1 atom stereocenters. The lowest BCUT2D eigenvalue weighted by Crippen LogP contribution is -2.33. The van der Waals surface area contributed by atoms with E-state index in [0.29, 0.717) is 43.4 Å². The number of carbonyl (C=O) groups is 1. The van der Waals surface area contributed by atoms with Gasteiger partial charge in [-0.25, -0.2) is 4.98 Å². The predicted molar refractivity (Wildman–Crippen MR) is 112 cm³/mol. The van der Waals surface area contributed by atoms with E-state index in [1.54, 1.807) is 17.2 Å². The van der Waals surface area contributed by atoms with Crippen LogP contribution in [0.15, 0.2) is 30.5 Å². The van der Waals surface area contributed by atoms with Crippen LogP contribution in [0.5, 0.6) is 17.4 Å². The molecule has 0 radical (unpaired) electrons. The number of nitriles is 1. The molecule has 31 heavy (non-hydrogen) atoms. The van der Waals surface area contributed by atoms with Gasteiger partial charge in [-0.1, -0.05) is 0 Å². The highest BCUT2D eigenvalue weighted by atomic mass is 16.5. The van der Waals surface area contributed by atoms with Gasteiger partial charge in [0.15, 0.2) is 0 Å². The van der Waals surface area contributed by atoms with Crippen LogP contribution in [0.4, 0.5) is 11.4 Å². The summed E-state index contributed by atoms with van der Waals surface area (Å²) in [6.07, 6.45) is 2.36. The summed E-state index contributed by atoms with van der Waals surface area (Å²) in [7, 11) is 3.00. The number of anilines is 2. The highest BCUT2D eigenvalue weighted by molar-refractivity contribution is 5.77. The number of hydrogen-bond donors (Lipinski definition) is 0. The standard InChI is InChI=1S/C22H24N4O5/c1-28-14-21(27)25-6-5-18(13-25)31-17-3-4-20-19(10-17)26(7-8-30-20)16-9-15(11-23)22(29-2)24-12-16/h3-4,9-10,12,18H,5-8,13-14H2,1-2H3/t18-/m0/s1. The van der Waals surface area contributed by atoms with Crippen molar-refractivity contribution in [2.75, 3.05) is 52.0 Å². The van der Waals surface area contributed by atoms with Crippen LogP contribution in [0.3, 0.4) is 0 Å². The SMILES string of the molecule is COCC(=O)N1CC[C@H](Oc2ccc3c(c2)N(c2cnc(OC)c(C#N)c2)CCO3)C1. The maximum absolute atomic E-state index is 12.0. The number of carbonyl (C=O) groups excluding carboxylic acids is 1. The first kappa shape index (κ1) is 20.8. The van der Waals surface area contributed by atoms with E-state index in [9.17, 15) is 10.1 Å². The topological polar surface area (TPSA) is 97.1 Å². The Morgan fingerprint density at radius 3 is 2.97 bits per heavy atom. The van der Waals surface area contributed by atoms with Gasteiger partial charge in [0.25, 0.3) is 0 Å². The fourth-order valence-electron chi connectivity index (χ4n) is 3.83. The summed E-state index contributed by atoms with van der Waals surface area (Å²) in [5.41, 5.74) is 1.98. The first-order chi connectivity index (χ1) is 15.1. The van der Waals surface area contributed by atoms with Crippen LogP contribution in [0.1, 0.15) is 12.0 Å². The molecule has 1 saturated heterocycles. The normalized spacial score (nSPS) is 17.5. The Balaban J connectivity index is 1.54. The van der Waals surface area contributed by atoms with E-state index < -0.39 is 0 Å². The summed E-state index contributed by atoms with van der Waals surface area (Å²) < 4.78 is 22.0. The molecule has 0 saturated carbocycles. The number of amides is 1. The lowest BCUT2D eigenvalue weighted by atomic mass is 10.2. The number of ether oxygens (including phenoxy) is 4. The maximum atomic E-state index is 12.0. The quantitative estimate of drug-likeness (QED) is 0.696. The molecular formula is C22H24N4O5. The van der Waals surface area contributed by atoms with Crippen molar-refractivity contribution in [2.45, 2.75) is 12.5 Å². The van der Waals surface area contributed by atoms with Crippen molar-refractivity contribution in [2.24, 2.45) is 0 Å². The molecule has 0 aliphatic carbocycles. The second kappa shape index (κ2) is 9.10. The van der Waals surface area contributed by atoms with Gasteiger partial charge in [0.2, 0.25) is 11.8 Å². The molecule has 1 fully saturated rings. The van der Waals surface area contributed by atoms with Crippen LogP contribution >= 0.6 is 0 Å². The molecule has 0 N–H and O–H groups in total. The van der Waals surface area contributed by atoms with Crippen molar-refractivity contribution in [1.82, 2.24) is 9.88 Å². The van der Waals surface area contributed by atoms with Crippen molar-refractivity contribution in [3.8, 4) is 23.4 Å². The van der Waals surface area contributed by atoms with Gasteiger partial charge in [-0.3, -0.25) is 4.79 Å². The fourth-order valence-corrected chi connectivity index (χ4v) is 3.83. The van der Waals surface area contributed by atoms with Crippen LogP contribution in [-0.4, -0.2) is 69.0 Å². The predicted octanol–water partition coefficient (Wildman–Crippen LogP) is 2.12. The number of likely N-dealkylation sites (tertiary alicyclic amines) is 1. The third kappa shape index (κ3) is 4.34. The average Bonchev–Trinajstić information content (AvgIpc) is 3.27. The van der Waals surface area contributed by atoms with Crippen LogP contribution in [0, 0.1) is 11.3 Å². The molecule has 2 aliphatic rings. The van der Waals surface area contributed by atoms with Crippen molar-refractivity contribution < 1.29 is 23.7 Å². The number of fused-ring (bicyclic) bond motifs is 1. The number of nitrogens with zero attached hydrogens (tertiary/aromatic N) is 4. The molecule has 9 nitrogen and oxygen atoms in total. The number of methoxy groups -OCH3 is 2. The minimum atomic E-state index is -0.0790. The van der Waals surface area contributed by atoms with E-state index in [1.165, 1.54) is 14.2 Å². The molecule has 1 aromatic carbocycles. The summed E-state index contributed by atoms with van der Waals surface area (Å²) in [6, 6.07) is 9.54. The molecule has 4 rings (SSSR count). The van der Waals surface area contributed by atoms with Gasteiger partial charge >= 0.3 is 0 Å². The second-order valence-corrected chi connectivity index (χ2v) is 7.29. The van der Waals surface area contributed by atoms with Crippen LogP contribution in [-0.2, 0) is 9.53 Å². The van der Waals surface area contributed by atoms with E-state index in [4.69, 9.17) is 18.9 Å². The second-order valence-electron chi connectivity index (χ2n) is 7.29. The van der Waals surface area contributed by atoms with Crippen molar-refractivity contribution in [1.29, 1.82) is 5.26 Å². The summed E-state index contributed by atoms with van der Waals surface area (Å²) >= 11 is 0. The van der Waals surface area contributed by atoms with Gasteiger partial charge in [0.1, 0.15) is 42.4 Å². The van der Waals surface area contributed by atoms with Crippen molar-refractivity contribution in [3.05, 3.63) is 36.0 Å². The average molecular weight is 424 g/mol. The number of rotatable bonds is 6. The van der Waals surface area contributed by atoms with Gasteiger partial charge in [-0.15, -0.1) is 0 Å². The number of hydrogen-bond acceptors (Lipinski definition) is 8. The summed E-state index contributed by atoms with van der Waals surface area (Å²) in [5.74, 6) is 1.70. The Morgan fingerprint density at radius 1 is 1.32 bits per heavy atom. The van der Waals surface area contributed by atoms with Crippen LogP contribution in [0.25, 0.3) is 0 Å². The maximum Gasteiger partial charge on any atom is 0.248 e. The fraction of sp³-hybridized carbons (Fsp3) is 0.409. The molecule has 0 unspecified atom stereocenters. The Hall–Kier alpha value is -3.51. The zero-order valence-corrected chi connectivity index (χ0v) is 17.5. The van der Waals surface area contributed by atoms with Crippen molar-refractivity contribution in [3.63, 3.8) is 0 Å². The number of aromatic nitrogens is 1. The van der Waals surface area contributed by atoms with Gasteiger partial charge in [0.05, 0.1) is 37.8 Å². The Labute approximate surface area is 180 Å². The molecule has 0 bridgehead atoms. The third-order valence-corrected chi connectivity index (χ3v) is 5.32. The molecule has 2 aromatic rings. The van der Waals surface area contributed by atoms with E-state index in [-0.39, 0.29) is 18.6 Å². The van der Waals surface area contributed by atoms with Crippen LogP contribution in [0.2, 0.25) is 0 Å². The Bertz CT molecular complexity index is 1010. The van der Waals surface area contributed by atoms with Crippen molar-refractivity contribution >= 4 is 17.3 Å². The molecule has 162 valence electrons. The molecule has 9 heteroatoms. The summed E-state index contributed by atoms with van der Waals surface area (Å²) in [5, 5.41) is 9.40. The van der Waals surface area contributed by atoms with Gasteiger partial charge in [-0.05, 0) is 18.2 Å². The third-order valence-electron chi connectivity index (χ3n) is 5.32. The smallest absolute Gasteiger partial charge is 0.248 e. The molecule has 1 aromatic heterocycles. The monoisotopic (exact) mass is 424 g/mol. The lowest BCUT2D eigenvalue weighted by molar-refractivity contribution is -0.134. The Kier molecular flexibility index (Phi) is 6.09.